The summed E-state index contributed by atoms with van der Waals surface area (Å²) in [7, 11) is 3.24. The van der Waals surface area contributed by atoms with Crippen LogP contribution in [0.1, 0.15) is 17.7 Å². The normalized spacial score (nSPS) is 15.8. The summed E-state index contributed by atoms with van der Waals surface area (Å²) in [5.41, 5.74) is 1.10. The molecule has 1 fully saturated rings. The first-order chi connectivity index (χ1) is 12.1. The summed E-state index contributed by atoms with van der Waals surface area (Å²) in [6.45, 7) is 3.55. The number of amides is 1. The highest BCUT2D eigenvalue weighted by Gasteiger charge is 2.40. The fourth-order valence-corrected chi connectivity index (χ4v) is 3.86. The number of ether oxygens (including phenoxy) is 2. The number of aromatic nitrogens is 1. The van der Waals surface area contributed by atoms with Gasteiger partial charge < -0.3 is 14.8 Å². The highest BCUT2D eigenvalue weighted by molar-refractivity contribution is 7.16. The van der Waals surface area contributed by atoms with Gasteiger partial charge in [0.25, 0.3) is 5.91 Å². The number of carbonyl (C=O) groups excluding carboxylic acids is 1. The van der Waals surface area contributed by atoms with E-state index in [1.54, 1.807) is 14.2 Å². The Kier molecular flexibility index (Phi) is 7.00. The lowest BCUT2D eigenvalue weighted by Crippen LogP contribution is -2.51. The zero-order chi connectivity index (χ0) is 17.9. The van der Waals surface area contributed by atoms with Crippen molar-refractivity contribution in [3.63, 3.8) is 0 Å². The maximum absolute atomic E-state index is 12.7. The van der Waals surface area contributed by atoms with Crippen LogP contribution in [-0.2, 0) is 9.53 Å². The molecular weight excluding hydrogens is 374 g/mol. The van der Waals surface area contributed by atoms with Gasteiger partial charge in [-0.15, -0.1) is 23.7 Å². The Labute approximate surface area is 163 Å². The molecule has 1 aromatic heterocycles. The van der Waals surface area contributed by atoms with Crippen molar-refractivity contribution in [2.75, 3.05) is 32.6 Å². The summed E-state index contributed by atoms with van der Waals surface area (Å²) in [5.74, 6) is 0.685. The zero-order valence-corrected chi connectivity index (χ0v) is 16.8. The van der Waals surface area contributed by atoms with Gasteiger partial charge in [0.2, 0.25) is 0 Å². The summed E-state index contributed by atoms with van der Waals surface area (Å²) in [4.78, 5) is 18.4. The molecule has 2 heterocycles. The molecule has 3 rings (SSSR count). The zero-order valence-electron chi connectivity index (χ0n) is 15.1. The SMILES string of the molecule is COc1ccc(-c2nc(NC(=O)C3(OC)CCNCC3)sc2C)cc1.Cl. The number of rotatable bonds is 5. The minimum absolute atomic E-state index is 0. The monoisotopic (exact) mass is 397 g/mol. The van der Waals surface area contributed by atoms with Gasteiger partial charge in [0.05, 0.1) is 12.8 Å². The van der Waals surface area contributed by atoms with Gasteiger partial charge in [-0.25, -0.2) is 4.98 Å². The van der Waals surface area contributed by atoms with Gasteiger partial charge >= 0.3 is 0 Å². The van der Waals surface area contributed by atoms with Crippen LogP contribution >= 0.6 is 23.7 Å². The van der Waals surface area contributed by atoms with Crippen LogP contribution in [0.4, 0.5) is 5.13 Å². The lowest BCUT2D eigenvalue weighted by molar-refractivity contribution is -0.140. The van der Waals surface area contributed by atoms with Crippen molar-refractivity contribution in [2.45, 2.75) is 25.4 Å². The lowest BCUT2D eigenvalue weighted by atomic mass is 9.91. The Bertz CT molecular complexity index is 743. The van der Waals surface area contributed by atoms with Gasteiger partial charge in [0.1, 0.15) is 11.4 Å². The Morgan fingerprint density at radius 2 is 1.88 bits per heavy atom. The standard InChI is InChI=1S/C18H23N3O3S.ClH/c1-12-15(13-4-6-14(23-2)7-5-13)20-17(25-12)21-16(22)18(24-3)8-10-19-11-9-18;/h4-7,19H,8-11H2,1-3H3,(H,20,21,22);1H. The molecule has 0 unspecified atom stereocenters. The maximum atomic E-state index is 12.7. The van der Waals surface area contributed by atoms with Crippen molar-refractivity contribution < 1.29 is 14.3 Å². The highest BCUT2D eigenvalue weighted by Crippen LogP contribution is 2.32. The number of nitrogens with one attached hydrogen (secondary N) is 2. The van der Waals surface area contributed by atoms with Crippen LogP contribution in [0.25, 0.3) is 11.3 Å². The number of benzene rings is 1. The van der Waals surface area contributed by atoms with E-state index in [2.05, 4.69) is 15.6 Å². The van der Waals surface area contributed by atoms with Gasteiger partial charge in [-0.05, 0) is 57.1 Å². The van der Waals surface area contributed by atoms with Crippen molar-refractivity contribution in [1.29, 1.82) is 0 Å². The lowest BCUT2D eigenvalue weighted by Gasteiger charge is -2.34. The molecule has 0 aliphatic carbocycles. The molecule has 6 nitrogen and oxygen atoms in total. The number of hydrogen-bond acceptors (Lipinski definition) is 6. The smallest absolute Gasteiger partial charge is 0.258 e. The fraction of sp³-hybridized carbons (Fsp3) is 0.444. The molecule has 1 aliphatic heterocycles. The van der Waals surface area contributed by atoms with Crippen LogP contribution in [0, 0.1) is 6.92 Å². The molecule has 2 N–H and O–H groups in total. The molecule has 0 spiro atoms. The summed E-state index contributed by atoms with van der Waals surface area (Å²) >= 11 is 1.48. The molecule has 8 heteroatoms. The van der Waals surface area contributed by atoms with Crippen LogP contribution < -0.4 is 15.4 Å². The average molecular weight is 398 g/mol. The number of piperidine rings is 1. The molecule has 1 saturated heterocycles. The molecule has 142 valence electrons. The first kappa shape index (κ1) is 20.6. The van der Waals surface area contributed by atoms with Gasteiger partial charge in [0.15, 0.2) is 5.13 Å². The van der Waals surface area contributed by atoms with E-state index in [4.69, 9.17) is 9.47 Å². The molecule has 0 radical (unpaired) electrons. The molecular formula is C18H24ClN3O3S. The molecule has 0 atom stereocenters. The molecule has 1 amide bonds. The number of nitrogens with zero attached hydrogens (tertiary/aromatic N) is 1. The van der Waals surface area contributed by atoms with E-state index in [9.17, 15) is 4.79 Å². The molecule has 1 aromatic carbocycles. The third kappa shape index (κ3) is 4.17. The van der Waals surface area contributed by atoms with E-state index in [0.29, 0.717) is 18.0 Å². The quantitative estimate of drug-likeness (QED) is 0.810. The first-order valence-electron chi connectivity index (χ1n) is 8.27. The minimum atomic E-state index is -0.773. The number of thiazole rings is 1. The van der Waals surface area contributed by atoms with Crippen LogP contribution in [-0.4, -0.2) is 43.8 Å². The number of hydrogen-bond donors (Lipinski definition) is 2. The van der Waals surface area contributed by atoms with Gasteiger partial charge in [-0.1, -0.05) is 0 Å². The van der Waals surface area contributed by atoms with Crippen molar-refractivity contribution in [2.24, 2.45) is 0 Å². The summed E-state index contributed by atoms with van der Waals surface area (Å²) in [5, 5.41) is 6.80. The van der Waals surface area contributed by atoms with Crippen LogP contribution in [0.5, 0.6) is 5.75 Å². The Morgan fingerprint density at radius 1 is 1.23 bits per heavy atom. The van der Waals surface area contributed by atoms with Gasteiger partial charge in [-0.2, -0.15) is 0 Å². The second-order valence-corrected chi connectivity index (χ2v) is 7.26. The van der Waals surface area contributed by atoms with E-state index < -0.39 is 5.60 Å². The minimum Gasteiger partial charge on any atom is -0.497 e. The maximum Gasteiger partial charge on any atom is 0.258 e. The predicted molar refractivity (Wildman–Crippen MR) is 107 cm³/mol. The molecule has 1 aliphatic rings. The Balaban J connectivity index is 0.00000243. The van der Waals surface area contributed by atoms with Crippen molar-refractivity contribution in [1.82, 2.24) is 10.3 Å². The van der Waals surface area contributed by atoms with Crippen LogP contribution in [0.3, 0.4) is 0 Å². The van der Waals surface area contributed by atoms with Gasteiger partial charge in [0, 0.05) is 17.6 Å². The molecule has 0 saturated carbocycles. The Morgan fingerprint density at radius 3 is 2.46 bits per heavy atom. The third-order valence-corrected chi connectivity index (χ3v) is 5.48. The number of aryl methyl sites for hydroxylation is 1. The van der Waals surface area contributed by atoms with Crippen molar-refractivity contribution in [3.05, 3.63) is 29.1 Å². The van der Waals surface area contributed by atoms with Crippen molar-refractivity contribution in [3.8, 4) is 17.0 Å². The number of methoxy groups -OCH3 is 2. The first-order valence-corrected chi connectivity index (χ1v) is 9.09. The molecule has 2 aromatic rings. The molecule has 26 heavy (non-hydrogen) atoms. The summed E-state index contributed by atoms with van der Waals surface area (Å²) in [6, 6.07) is 7.74. The average Bonchev–Trinajstić information content (AvgIpc) is 3.02. The summed E-state index contributed by atoms with van der Waals surface area (Å²) in [6.07, 6.45) is 1.32. The van der Waals surface area contributed by atoms with Crippen LogP contribution in [0.2, 0.25) is 0 Å². The van der Waals surface area contributed by atoms with E-state index in [0.717, 1.165) is 35.0 Å². The number of anilines is 1. The fourth-order valence-electron chi connectivity index (χ4n) is 3.03. The Hall–Kier alpha value is -1.67. The number of halogens is 1. The topological polar surface area (TPSA) is 72.5 Å². The van der Waals surface area contributed by atoms with E-state index in [-0.39, 0.29) is 18.3 Å². The van der Waals surface area contributed by atoms with Gasteiger partial charge in [-0.3, -0.25) is 10.1 Å². The van der Waals surface area contributed by atoms with E-state index in [1.165, 1.54) is 11.3 Å². The van der Waals surface area contributed by atoms with E-state index >= 15 is 0 Å². The number of carbonyl (C=O) groups is 1. The van der Waals surface area contributed by atoms with Crippen LogP contribution in [0.15, 0.2) is 24.3 Å². The second kappa shape index (κ2) is 8.81. The second-order valence-electron chi connectivity index (χ2n) is 6.05. The highest BCUT2D eigenvalue weighted by atomic mass is 35.5. The largest absolute Gasteiger partial charge is 0.497 e. The summed E-state index contributed by atoms with van der Waals surface area (Å²) < 4.78 is 10.8. The predicted octanol–water partition coefficient (Wildman–Crippen LogP) is 3.26. The molecule has 0 bridgehead atoms. The third-order valence-electron chi connectivity index (χ3n) is 4.60. The van der Waals surface area contributed by atoms with Crippen molar-refractivity contribution >= 4 is 34.8 Å². The van der Waals surface area contributed by atoms with E-state index in [1.807, 2.05) is 31.2 Å².